The van der Waals surface area contributed by atoms with Crippen LogP contribution in [-0.2, 0) is 23.0 Å². The summed E-state index contributed by atoms with van der Waals surface area (Å²) >= 11 is 0. The van der Waals surface area contributed by atoms with Gasteiger partial charge in [0.05, 0.1) is 4.90 Å². The van der Waals surface area contributed by atoms with Gasteiger partial charge in [-0.1, -0.05) is 37.3 Å². The van der Waals surface area contributed by atoms with Gasteiger partial charge in [-0.05, 0) is 42.2 Å². The smallest absolute Gasteiger partial charge is 0.241 e. The van der Waals surface area contributed by atoms with Crippen molar-refractivity contribution < 1.29 is 8.42 Å². The average Bonchev–Trinajstić information content (AvgIpc) is 2.48. The molecular formula is C16H20N2O2S. The molecule has 0 aliphatic rings. The minimum Gasteiger partial charge on any atom is -0.398 e. The molecule has 112 valence electrons. The maximum Gasteiger partial charge on any atom is 0.241 e. The number of sulfonamides is 1. The van der Waals surface area contributed by atoms with E-state index in [9.17, 15) is 8.42 Å². The standard InChI is InChI=1S/C16H20N2O2S/c1-3-13-7-4-5-8-14(13)11-18-21(19,20)16-10-6-9-15(17)12(16)2/h4-10,18H,3,11,17H2,1-2H3. The van der Waals surface area contributed by atoms with E-state index in [2.05, 4.69) is 11.6 Å². The molecule has 5 heteroatoms. The molecule has 21 heavy (non-hydrogen) atoms. The molecule has 0 spiro atoms. The van der Waals surface area contributed by atoms with E-state index in [0.29, 0.717) is 11.3 Å². The highest BCUT2D eigenvalue weighted by Crippen LogP contribution is 2.20. The quantitative estimate of drug-likeness (QED) is 0.834. The Hall–Kier alpha value is -1.85. The first-order valence-electron chi connectivity index (χ1n) is 6.87. The van der Waals surface area contributed by atoms with Crippen molar-refractivity contribution in [2.24, 2.45) is 0 Å². The molecule has 3 N–H and O–H groups in total. The van der Waals surface area contributed by atoms with Crippen molar-refractivity contribution in [3.05, 3.63) is 59.2 Å². The third-order valence-corrected chi connectivity index (χ3v) is 5.11. The minimum absolute atomic E-state index is 0.233. The zero-order chi connectivity index (χ0) is 15.5. The number of aryl methyl sites for hydroxylation is 1. The molecule has 0 atom stereocenters. The van der Waals surface area contributed by atoms with Crippen molar-refractivity contribution in [1.82, 2.24) is 4.72 Å². The van der Waals surface area contributed by atoms with Crippen molar-refractivity contribution >= 4 is 15.7 Å². The molecule has 0 unspecified atom stereocenters. The van der Waals surface area contributed by atoms with Crippen LogP contribution in [0.15, 0.2) is 47.4 Å². The summed E-state index contributed by atoms with van der Waals surface area (Å²) < 4.78 is 27.5. The fraction of sp³-hybridized carbons (Fsp3) is 0.250. The van der Waals surface area contributed by atoms with Gasteiger partial charge in [0.15, 0.2) is 0 Å². The Morgan fingerprint density at radius 2 is 1.71 bits per heavy atom. The van der Waals surface area contributed by atoms with Crippen molar-refractivity contribution in [2.45, 2.75) is 31.7 Å². The van der Waals surface area contributed by atoms with Crippen LogP contribution in [0.1, 0.15) is 23.6 Å². The lowest BCUT2D eigenvalue weighted by Crippen LogP contribution is -2.24. The summed E-state index contributed by atoms with van der Waals surface area (Å²) in [5.41, 5.74) is 8.97. The molecule has 0 aliphatic heterocycles. The Bertz CT molecular complexity index is 740. The van der Waals surface area contributed by atoms with Crippen LogP contribution in [0.3, 0.4) is 0 Å². The van der Waals surface area contributed by atoms with E-state index in [-0.39, 0.29) is 11.4 Å². The monoisotopic (exact) mass is 304 g/mol. The lowest BCUT2D eigenvalue weighted by Gasteiger charge is -2.12. The molecule has 0 fully saturated rings. The van der Waals surface area contributed by atoms with E-state index < -0.39 is 10.0 Å². The number of rotatable bonds is 5. The largest absolute Gasteiger partial charge is 0.398 e. The lowest BCUT2D eigenvalue weighted by molar-refractivity contribution is 0.580. The molecule has 2 rings (SSSR count). The number of benzene rings is 2. The predicted octanol–water partition coefficient (Wildman–Crippen LogP) is 2.62. The third-order valence-electron chi connectivity index (χ3n) is 3.57. The molecule has 0 saturated carbocycles. The van der Waals surface area contributed by atoms with E-state index in [0.717, 1.165) is 17.5 Å². The van der Waals surface area contributed by atoms with Gasteiger partial charge in [-0.3, -0.25) is 0 Å². The highest BCUT2D eigenvalue weighted by atomic mass is 32.2. The third kappa shape index (κ3) is 3.43. The summed E-state index contributed by atoms with van der Waals surface area (Å²) in [6.45, 7) is 4.04. The fourth-order valence-corrected chi connectivity index (χ4v) is 3.53. The number of nitrogens with one attached hydrogen (secondary N) is 1. The summed E-state index contributed by atoms with van der Waals surface area (Å²) in [7, 11) is -3.57. The van der Waals surface area contributed by atoms with Crippen LogP contribution in [0, 0.1) is 6.92 Å². The first kappa shape index (κ1) is 15.5. The van der Waals surface area contributed by atoms with Crippen LogP contribution in [0.5, 0.6) is 0 Å². The lowest BCUT2D eigenvalue weighted by atomic mass is 10.1. The number of hydrogen-bond donors (Lipinski definition) is 2. The maximum atomic E-state index is 12.4. The summed E-state index contributed by atoms with van der Waals surface area (Å²) in [6, 6.07) is 12.7. The van der Waals surface area contributed by atoms with Crippen LogP contribution >= 0.6 is 0 Å². The molecule has 4 nitrogen and oxygen atoms in total. The van der Waals surface area contributed by atoms with Crippen LogP contribution in [-0.4, -0.2) is 8.42 Å². The maximum absolute atomic E-state index is 12.4. The van der Waals surface area contributed by atoms with Gasteiger partial charge in [0.2, 0.25) is 10.0 Å². The van der Waals surface area contributed by atoms with E-state index in [1.807, 2.05) is 24.3 Å². The van der Waals surface area contributed by atoms with Gasteiger partial charge >= 0.3 is 0 Å². The Morgan fingerprint density at radius 3 is 2.38 bits per heavy atom. The van der Waals surface area contributed by atoms with Gasteiger partial charge < -0.3 is 5.73 Å². The number of nitrogens with two attached hydrogens (primary N) is 1. The molecular weight excluding hydrogens is 284 g/mol. The second kappa shape index (κ2) is 6.28. The van der Waals surface area contributed by atoms with Gasteiger partial charge in [-0.25, -0.2) is 13.1 Å². The van der Waals surface area contributed by atoms with E-state index >= 15 is 0 Å². The fourth-order valence-electron chi connectivity index (χ4n) is 2.25. The molecule has 2 aromatic rings. The van der Waals surface area contributed by atoms with Crippen molar-refractivity contribution in [3.63, 3.8) is 0 Å². The zero-order valence-corrected chi connectivity index (χ0v) is 13.1. The summed E-state index contributed by atoms with van der Waals surface area (Å²) in [6.07, 6.45) is 0.870. The summed E-state index contributed by atoms with van der Waals surface area (Å²) in [4.78, 5) is 0.233. The highest BCUT2D eigenvalue weighted by molar-refractivity contribution is 7.89. The second-order valence-electron chi connectivity index (χ2n) is 4.92. The Balaban J connectivity index is 2.24. The Kier molecular flexibility index (Phi) is 4.65. The number of anilines is 1. The van der Waals surface area contributed by atoms with Crippen LogP contribution in [0.25, 0.3) is 0 Å². The van der Waals surface area contributed by atoms with Gasteiger partial charge in [0, 0.05) is 12.2 Å². The van der Waals surface area contributed by atoms with E-state index in [4.69, 9.17) is 5.73 Å². The Morgan fingerprint density at radius 1 is 1.05 bits per heavy atom. The normalized spacial score (nSPS) is 11.5. The van der Waals surface area contributed by atoms with Gasteiger partial charge in [-0.15, -0.1) is 0 Å². The summed E-state index contributed by atoms with van der Waals surface area (Å²) in [5.74, 6) is 0. The SMILES string of the molecule is CCc1ccccc1CNS(=O)(=O)c1cccc(N)c1C. The van der Waals surface area contributed by atoms with Crippen LogP contribution in [0.4, 0.5) is 5.69 Å². The van der Waals surface area contributed by atoms with E-state index in [1.54, 1.807) is 25.1 Å². The molecule has 0 saturated heterocycles. The molecule has 0 bridgehead atoms. The molecule has 0 aliphatic carbocycles. The number of hydrogen-bond acceptors (Lipinski definition) is 3. The van der Waals surface area contributed by atoms with Gasteiger partial charge in [-0.2, -0.15) is 0 Å². The molecule has 0 heterocycles. The van der Waals surface area contributed by atoms with Crippen molar-refractivity contribution in [3.8, 4) is 0 Å². The van der Waals surface area contributed by atoms with Gasteiger partial charge in [0.25, 0.3) is 0 Å². The minimum atomic E-state index is -3.57. The second-order valence-corrected chi connectivity index (χ2v) is 6.65. The highest BCUT2D eigenvalue weighted by Gasteiger charge is 2.17. The number of nitrogen functional groups attached to an aromatic ring is 1. The zero-order valence-electron chi connectivity index (χ0n) is 12.3. The first-order valence-corrected chi connectivity index (χ1v) is 8.35. The van der Waals surface area contributed by atoms with Crippen LogP contribution < -0.4 is 10.5 Å². The molecule has 0 radical (unpaired) electrons. The molecule has 0 aromatic heterocycles. The van der Waals surface area contributed by atoms with Crippen LogP contribution in [0.2, 0.25) is 0 Å². The van der Waals surface area contributed by atoms with Crippen molar-refractivity contribution in [1.29, 1.82) is 0 Å². The topological polar surface area (TPSA) is 72.2 Å². The van der Waals surface area contributed by atoms with Crippen molar-refractivity contribution in [2.75, 3.05) is 5.73 Å². The van der Waals surface area contributed by atoms with Gasteiger partial charge in [0.1, 0.15) is 0 Å². The average molecular weight is 304 g/mol. The predicted molar refractivity (Wildman–Crippen MR) is 85.4 cm³/mol. The summed E-state index contributed by atoms with van der Waals surface area (Å²) in [5, 5.41) is 0. The first-order chi connectivity index (χ1) is 9.95. The molecule has 2 aromatic carbocycles. The Labute approximate surface area is 126 Å². The van der Waals surface area contributed by atoms with E-state index in [1.165, 1.54) is 0 Å². The molecule has 0 amide bonds.